The largest absolute Gasteiger partial charge is 0.493 e. The van der Waals surface area contributed by atoms with Crippen molar-refractivity contribution in [3.8, 4) is 5.75 Å². The molecule has 5 nitrogen and oxygen atoms in total. The monoisotopic (exact) mass is 472 g/mol. The minimum atomic E-state index is -0.331. The molecule has 1 amide bonds. The summed E-state index contributed by atoms with van der Waals surface area (Å²) in [7, 11) is 0. The number of nitrogens with one attached hydrogen (secondary N) is 1. The minimum Gasteiger partial charge on any atom is -0.493 e. The van der Waals surface area contributed by atoms with Crippen LogP contribution in [-0.2, 0) is 4.74 Å². The number of amides is 1. The van der Waals surface area contributed by atoms with Crippen LogP contribution in [0, 0.1) is 0 Å². The van der Waals surface area contributed by atoms with Gasteiger partial charge in [0, 0.05) is 24.4 Å². The fourth-order valence-corrected chi connectivity index (χ4v) is 5.29. The first-order valence-corrected chi connectivity index (χ1v) is 13.2. The van der Waals surface area contributed by atoms with Crippen LogP contribution in [0.1, 0.15) is 74.0 Å². The molecule has 2 aliphatic heterocycles. The Balaban J connectivity index is 1.51. The average molecular weight is 473 g/mol. The van der Waals surface area contributed by atoms with Crippen LogP contribution >= 0.6 is 0 Å². The number of fused-ring (bicyclic) bond motifs is 2. The van der Waals surface area contributed by atoms with Crippen molar-refractivity contribution < 1.29 is 14.3 Å². The molecule has 3 aromatic rings. The number of ether oxygens (including phenoxy) is 2. The zero-order valence-corrected chi connectivity index (χ0v) is 20.7. The molecular weight excluding hydrogens is 436 g/mol. The SMILES string of the molecule is CCCCCCCOc1ccc2ccccc2c1C1Nc2ccccc2C(=O)N1CC1CCCO1. The average Bonchev–Trinajstić information content (AvgIpc) is 3.41. The first-order chi connectivity index (χ1) is 17.3. The van der Waals surface area contributed by atoms with Gasteiger partial charge in [0.1, 0.15) is 11.9 Å². The lowest BCUT2D eigenvalue weighted by atomic mass is 9.97. The summed E-state index contributed by atoms with van der Waals surface area (Å²) in [6, 6.07) is 20.4. The van der Waals surface area contributed by atoms with Crippen molar-refractivity contribution in [2.24, 2.45) is 0 Å². The Morgan fingerprint density at radius 2 is 1.83 bits per heavy atom. The third-order valence-corrected chi connectivity index (χ3v) is 7.16. The number of anilines is 1. The van der Waals surface area contributed by atoms with Crippen LogP contribution in [0.2, 0.25) is 0 Å². The highest BCUT2D eigenvalue weighted by Crippen LogP contribution is 2.41. The highest BCUT2D eigenvalue weighted by atomic mass is 16.5. The van der Waals surface area contributed by atoms with E-state index in [1.807, 2.05) is 29.2 Å². The molecule has 5 heteroatoms. The van der Waals surface area contributed by atoms with E-state index in [1.165, 1.54) is 25.7 Å². The predicted octanol–water partition coefficient (Wildman–Crippen LogP) is 6.93. The van der Waals surface area contributed by atoms with Crippen LogP contribution in [-0.4, -0.2) is 36.7 Å². The van der Waals surface area contributed by atoms with Crippen molar-refractivity contribution in [1.82, 2.24) is 4.90 Å². The van der Waals surface area contributed by atoms with E-state index < -0.39 is 0 Å². The number of hydrogen-bond acceptors (Lipinski definition) is 4. The number of rotatable bonds is 10. The summed E-state index contributed by atoms with van der Waals surface area (Å²) in [5.74, 6) is 0.888. The van der Waals surface area contributed by atoms with Gasteiger partial charge in [-0.25, -0.2) is 0 Å². The first-order valence-electron chi connectivity index (χ1n) is 13.2. The van der Waals surface area contributed by atoms with E-state index in [0.717, 1.165) is 53.6 Å². The van der Waals surface area contributed by atoms with Crippen molar-refractivity contribution in [2.75, 3.05) is 25.1 Å². The fraction of sp³-hybridized carbons (Fsp3) is 0.433. The van der Waals surface area contributed by atoms with Gasteiger partial charge < -0.3 is 19.7 Å². The highest BCUT2D eigenvalue weighted by molar-refractivity contribution is 6.02. The van der Waals surface area contributed by atoms with Crippen LogP contribution in [0.3, 0.4) is 0 Å². The summed E-state index contributed by atoms with van der Waals surface area (Å²) in [6.07, 6.45) is 7.72. The molecule has 3 aromatic carbocycles. The van der Waals surface area contributed by atoms with Gasteiger partial charge in [0.05, 0.1) is 18.3 Å². The molecule has 2 unspecified atom stereocenters. The second-order valence-electron chi connectivity index (χ2n) is 9.65. The van der Waals surface area contributed by atoms with Gasteiger partial charge in [-0.3, -0.25) is 4.79 Å². The Kier molecular flexibility index (Phi) is 7.53. The summed E-state index contributed by atoms with van der Waals surface area (Å²) in [6.45, 7) is 4.24. The van der Waals surface area contributed by atoms with Gasteiger partial charge in [-0.05, 0) is 48.2 Å². The number of unbranched alkanes of at least 4 members (excludes halogenated alkanes) is 4. The van der Waals surface area contributed by atoms with Gasteiger partial charge in [-0.15, -0.1) is 0 Å². The van der Waals surface area contributed by atoms with Gasteiger partial charge in [0.25, 0.3) is 5.91 Å². The van der Waals surface area contributed by atoms with Crippen molar-refractivity contribution in [2.45, 2.75) is 64.1 Å². The normalized spacial score (nSPS) is 19.6. The Bertz CT molecular complexity index is 1160. The molecular formula is C30H36N2O3. The third-order valence-electron chi connectivity index (χ3n) is 7.16. The molecule has 5 rings (SSSR count). The zero-order valence-electron chi connectivity index (χ0n) is 20.7. The van der Waals surface area contributed by atoms with E-state index in [0.29, 0.717) is 18.7 Å². The maximum atomic E-state index is 13.8. The van der Waals surface area contributed by atoms with Gasteiger partial charge in [0.2, 0.25) is 0 Å². The number of carbonyl (C=O) groups is 1. The van der Waals surface area contributed by atoms with Crippen LogP contribution < -0.4 is 10.1 Å². The summed E-state index contributed by atoms with van der Waals surface area (Å²) >= 11 is 0. The van der Waals surface area contributed by atoms with E-state index in [-0.39, 0.29) is 18.2 Å². The van der Waals surface area contributed by atoms with Crippen molar-refractivity contribution in [3.63, 3.8) is 0 Å². The van der Waals surface area contributed by atoms with Crippen molar-refractivity contribution in [1.29, 1.82) is 0 Å². The lowest BCUT2D eigenvalue weighted by molar-refractivity contribution is 0.0425. The molecule has 2 atom stereocenters. The second-order valence-corrected chi connectivity index (χ2v) is 9.65. The smallest absolute Gasteiger partial charge is 0.257 e. The van der Waals surface area contributed by atoms with Gasteiger partial charge >= 0.3 is 0 Å². The molecule has 1 fully saturated rings. The van der Waals surface area contributed by atoms with E-state index in [1.54, 1.807) is 0 Å². The molecule has 0 spiro atoms. The quantitative estimate of drug-likeness (QED) is 0.325. The number of hydrogen-bond donors (Lipinski definition) is 1. The maximum Gasteiger partial charge on any atom is 0.257 e. The molecule has 1 saturated heterocycles. The number of para-hydroxylation sites is 1. The molecule has 0 aliphatic carbocycles. The maximum absolute atomic E-state index is 13.8. The van der Waals surface area contributed by atoms with E-state index in [9.17, 15) is 4.79 Å². The van der Waals surface area contributed by atoms with Gasteiger partial charge in [0.15, 0.2) is 0 Å². The van der Waals surface area contributed by atoms with Crippen LogP contribution in [0.4, 0.5) is 5.69 Å². The molecule has 1 N–H and O–H groups in total. The Labute approximate surface area is 208 Å². The second kappa shape index (κ2) is 11.1. The molecule has 0 aromatic heterocycles. The van der Waals surface area contributed by atoms with E-state index in [4.69, 9.17) is 9.47 Å². The summed E-state index contributed by atoms with van der Waals surface area (Å²) in [5, 5.41) is 5.94. The molecule has 0 radical (unpaired) electrons. The molecule has 0 bridgehead atoms. The zero-order chi connectivity index (χ0) is 24.0. The predicted molar refractivity (Wildman–Crippen MR) is 141 cm³/mol. The minimum absolute atomic E-state index is 0.0401. The molecule has 184 valence electrons. The molecule has 2 aliphatic rings. The molecule has 35 heavy (non-hydrogen) atoms. The third kappa shape index (κ3) is 5.15. The summed E-state index contributed by atoms with van der Waals surface area (Å²) < 4.78 is 12.4. The van der Waals surface area contributed by atoms with Crippen LogP contribution in [0.25, 0.3) is 10.8 Å². The van der Waals surface area contributed by atoms with Gasteiger partial charge in [-0.2, -0.15) is 0 Å². The van der Waals surface area contributed by atoms with Gasteiger partial charge in [-0.1, -0.05) is 75.1 Å². The standard InChI is InChI=1S/C30H36N2O3/c1-2-3-4-5-10-19-35-27-18-17-22-12-6-7-14-24(22)28(27)29-31-26-16-9-8-15-25(26)30(33)32(29)21-23-13-11-20-34-23/h6-9,12,14-18,23,29,31H,2-5,10-11,13,19-21H2,1H3. The number of carbonyl (C=O) groups excluding carboxylic acids is 1. The Hall–Kier alpha value is -3.05. The van der Waals surface area contributed by atoms with Crippen LogP contribution in [0.5, 0.6) is 5.75 Å². The topological polar surface area (TPSA) is 50.8 Å². The fourth-order valence-electron chi connectivity index (χ4n) is 5.29. The van der Waals surface area contributed by atoms with E-state index in [2.05, 4.69) is 48.6 Å². The van der Waals surface area contributed by atoms with Crippen molar-refractivity contribution in [3.05, 3.63) is 71.8 Å². The lowest BCUT2D eigenvalue weighted by Crippen LogP contribution is -2.46. The molecule has 0 saturated carbocycles. The Morgan fingerprint density at radius 1 is 1.00 bits per heavy atom. The van der Waals surface area contributed by atoms with Crippen molar-refractivity contribution >= 4 is 22.4 Å². The number of nitrogens with zero attached hydrogens (tertiary/aromatic N) is 1. The lowest BCUT2D eigenvalue weighted by Gasteiger charge is -2.40. The Morgan fingerprint density at radius 3 is 2.69 bits per heavy atom. The van der Waals surface area contributed by atoms with E-state index >= 15 is 0 Å². The first kappa shape index (κ1) is 23.7. The van der Waals surface area contributed by atoms with Crippen LogP contribution in [0.15, 0.2) is 60.7 Å². The summed E-state index contributed by atoms with van der Waals surface area (Å²) in [4.78, 5) is 15.7. The summed E-state index contributed by atoms with van der Waals surface area (Å²) in [5.41, 5.74) is 2.60. The molecule has 2 heterocycles. The number of benzene rings is 3. The highest BCUT2D eigenvalue weighted by Gasteiger charge is 2.37.